The van der Waals surface area contributed by atoms with E-state index in [-0.39, 0.29) is 0 Å². The van der Waals surface area contributed by atoms with Gasteiger partial charge in [-0.25, -0.2) is 0 Å². The van der Waals surface area contributed by atoms with Gasteiger partial charge in [0.05, 0.1) is 0 Å². The maximum Gasteiger partial charge on any atom is 0.0499 e. The third-order valence-electron chi connectivity index (χ3n) is 4.35. The van der Waals surface area contributed by atoms with Crippen molar-refractivity contribution in [2.45, 2.75) is 40.7 Å². The quantitative estimate of drug-likeness (QED) is 0.335. The Morgan fingerprint density at radius 1 is 0.905 bits per heavy atom. The molecule has 0 radical (unpaired) electrons. The van der Waals surface area contributed by atoms with Crippen molar-refractivity contribution in [2.24, 2.45) is 0 Å². The molecule has 0 N–H and O–H groups in total. The number of aromatic nitrogens is 1. The molecule has 0 saturated heterocycles. The Kier molecular flexibility index (Phi) is 4.97. The number of rotatable bonds is 1. The molecule has 2 aromatic carbocycles. The molecule has 0 atom stereocenters. The second-order valence-electron chi connectivity index (χ2n) is 5.82. The molecule has 0 aliphatic rings. The highest BCUT2D eigenvalue weighted by Crippen LogP contribution is 2.36. The largest absolute Gasteiger partial charge is 0.338 e. The summed E-state index contributed by atoms with van der Waals surface area (Å²) >= 11 is 2.15. The first-order chi connectivity index (χ1) is 10.0. The number of aryl methyl sites for hydroxylation is 2. The molecule has 3 rings (SSSR count). The van der Waals surface area contributed by atoms with E-state index < -0.39 is 0 Å². The van der Waals surface area contributed by atoms with Gasteiger partial charge in [-0.3, -0.25) is 0 Å². The van der Waals surface area contributed by atoms with Gasteiger partial charge in [0.25, 0.3) is 0 Å². The highest BCUT2D eigenvalue weighted by molar-refractivity contribution is 14.1. The lowest BCUT2D eigenvalue weighted by Gasteiger charge is -2.13. The van der Waals surface area contributed by atoms with Crippen LogP contribution >= 0.6 is 22.6 Å². The zero-order valence-corrected chi connectivity index (χ0v) is 15.9. The average molecular weight is 393 g/mol. The minimum absolute atomic E-state index is 0.476. The smallest absolute Gasteiger partial charge is 0.0499 e. The van der Waals surface area contributed by atoms with Crippen LogP contribution < -0.4 is 0 Å². The van der Waals surface area contributed by atoms with E-state index in [0.29, 0.717) is 6.04 Å². The van der Waals surface area contributed by atoms with Crippen molar-refractivity contribution in [2.75, 3.05) is 4.93 Å². The van der Waals surface area contributed by atoms with Gasteiger partial charge in [-0.1, -0.05) is 40.8 Å². The fraction of sp³-hybridized carbons (Fsp3) is 0.368. The normalized spacial score (nSPS) is 11.0. The monoisotopic (exact) mass is 393 g/mol. The van der Waals surface area contributed by atoms with Crippen LogP contribution in [0.1, 0.15) is 36.6 Å². The summed E-state index contributed by atoms with van der Waals surface area (Å²) in [5, 5.41) is 2.80. The summed E-state index contributed by atoms with van der Waals surface area (Å²) in [4.78, 5) is 1.97. The molecule has 0 amide bonds. The van der Waals surface area contributed by atoms with Crippen molar-refractivity contribution in [1.29, 1.82) is 0 Å². The van der Waals surface area contributed by atoms with E-state index in [1.54, 1.807) is 0 Å². The highest BCUT2D eigenvalue weighted by Gasteiger charge is 2.15. The minimum atomic E-state index is 0.476. The summed E-state index contributed by atoms with van der Waals surface area (Å²) in [5.74, 6) is 0. The molecule has 0 aliphatic heterocycles. The second-order valence-corrected chi connectivity index (χ2v) is 5.82. The Balaban J connectivity index is 0.000000774. The number of nitrogens with zero attached hydrogens (tertiary/aromatic N) is 1. The molecule has 0 saturated carbocycles. The molecule has 3 aromatic rings. The second kappa shape index (κ2) is 6.39. The first-order valence-corrected chi connectivity index (χ1v) is 9.55. The molecule has 0 spiro atoms. The number of hydrogen-bond donors (Lipinski definition) is 0. The minimum Gasteiger partial charge on any atom is -0.338 e. The summed E-state index contributed by atoms with van der Waals surface area (Å²) in [6, 6.07) is 11.6. The van der Waals surface area contributed by atoms with E-state index in [4.69, 9.17) is 0 Å². The molecular formula is C19H24IN. The van der Waals surface area contributed by atoms with Crippen molar-refractivity contribution < 1.29 is 0 Å². The highest BCUT2D eigenvalue weighted by atomic mass is 127. The zero-order valence-electron chi connectivity index (χ0n) is 13.8. The molecule has 0 fully saturated rings. The SMILES string of the molecule is CI.Cc1cc2c(c(C)c1C)c1ccccc1n2C(C)C. The molecule has 112 valence electrons. The molecule has 1 aromatic heterocycles. The number of fused-ring (bicyclic) bond motifs is 3. The molecule has 2 heteroatoms. The first kappa shape index (κ1) is 16.3. The van der Waals surface area contributed by atoms with Crippen LogP contribution in [-0.4, -0.2) is 9.50 Å². The Labute approximate surface area is 141 Å². The Hall–Kier alpha value is -1.03. The van der Waals surface area contributed by atoms with Gasteiger partial charge >= 0.3 is 0 Å². The Morgan fingerprint density at radius 2 is 1.52 bits per heavy atom. The standard InChI is InChI=1S/C18H21N.CH3I/c1-11(2)19-16-9-7-6-8-15(16)18-14(5)13(4)12(3)10-17(18)19;1-2/h6-11H,1-5H3;1H3. The molecule has 21 heavy (non-hydrogen) atoms. The van der Waals surface area contributed by atoms with Crippen LogP contribution in [0.5, 0.6) is 0 Å². The van der Waals surface area contributed by atoms with Crippen LogP contribution in [0.15, 0.2) is 30.3 Å². The van der Waals surface area contributed by atoms with Crippen LogP contribution in [-0.2, 0) is 0 Å². The van der Waals surface area contributed by atoms with Gasteiger partial charge in [-0.15, -0.1) is 0 Å². The van der Waals surface area contributed by atoms with Crippen molar-refractivity contribution in [1.82, 2.24) is 4.57 Å². The average Bonchev–Trinajstić information content (AvgIpc) is 2.81. The Bertz CT molecular complexity index is 781. The van der Waals surface area contributed by atoms with E-state index >= 15 is 0 Å². The topological polar surface area (TPSA) is 4.93 Å². The van der Waals surface area contributed by atoms with Crippen molar-refractivity contribution >= 4 is 44.4 Å². The van der Waals surface area contributed by atoms with Crippen molar-refractivity contribution in [3.63, 3.8) is 0 Å². The first-order valence-electron chi connectivity index (χ1n) is 7.39. The van der Waals surface area contributed by atoms with Gasteiger partial charge in [-0.2, -0.15) is 0 Å². The van der Waals surface area contributed by atoms with Crippen molar-refractivity contribution in [3.8, 4) is 0 Å². The van der Waals surface area contributed by atoms with Gasteiger partial charge in [0.1, 0.15) is 0 Å². The number of hydrogen-bond acceptors (Lipinski definition) is 0. The van der Waals surface area contributed by atoms with E-state index in [9.17, 15) is 0 Å². The molecule has 1 heterocycles. The Morgan fingerprint density at radius 3 is 2.14 bits per heavy atom. The van der Waals surface area contributed by atoms with Crippen LogP contribution in [0.3, 0.4) is 0 Å². The maximum absolute atomic E-state index is 2.46. The van der Waals surface area contributed by atoms with E-state index in [2.05, 4.69) is 92.1 Å². The molecule has 0 aliphatic carbocycles. The van der Waals surface area contributed by atoms with Crippen LogP contribution in [0.2, 0.25) is 0 Å². The predicted octanol–water partition coefficient (Wildman–Crippen LogP) is 6.35. The fourth-order valence-corrected chi connectivity index (χ4v) is 3.17. The number of alkyl halides is 1. The number of para-hydroxylation sites is 1. The lowest BCUT2D eigenvalue weighted by atomic mass is 9.98. The molecule has 0 unspecified atom stereocenters. The van der Waals surface area contributed by atoms with Crippen molar-refractivity contribution in [3.05, 3.63) is 47.0 Å². The van der Waals surface area contributed by atoms with Gasteiger partial charge in [0.15, 0.2) is 0 Å². The summed E-state index contributed by atoms with van der Waals surface area (Å²) in [5.41, 5.74) is 6.94. The fourth-order valence-electron chi connectivity index (χ4n) is 3.17. The van der Waals surface area contributed by atoms with E-state index in [1.165, 1.54) is 38.5 Å². The summed E-state index contributed by atoms with van der Waals surface area (Å²) < 4.78 is 2.46. The van der Waals surface area contributed by atoms with Gasteiger partial charge in [0, 0.05) is 27.8 Å². The van der Waals surface area contributed by atoms with Gasteiger partial charge in [0.2, 0.25) is 0 Å². The third-order valence-corrected chi connectivity index (χ3v) is 4.35. The predicted molar refractivity (Wildman–Crippen MR) is 104 cm³/mol. The van der Waals surface area contributed by atoms with Crippen LogP contribution in [0.4, 0.5) is 0 Å². The number of benzene rings is 2. The van der Waals surface area contributed by atoms with Crippen LogP contribution in [0, 0.1) is 20.8 Å². The third kappa shape index (κ3) is 2.59. The molecular weight excluding hydrogens is 369 g/mol. The summed E-state index contributed by atoms with van der Waals surface area (Å²) in [7, 11) is 0. The summed E-state index contributed by atoms with van der Waals surface area (Å²) in [6.07, 6.45) is 0. The molecule has 0 bridgehead atoms. The lowest BCUT2D eigenvalue weighted by molar-refractivity contribution is 0.642. The number of halogens is 1. The van der Waals surface area contributed by atoms with E-state index in [1.807, 2.05) is 4.93 Å². The van der Waals surface area contributed by atoms with Gasteiger partial charge in [-0.05, 0) is 68.4 Å². The molecule has 1 nitrogen and oxygen atoms in total. The lowest BCUT2D eigenvalue weighted by Crippen LogP contribution is -2.00. The zero-order chi connectivity index (χ0) is 15.7. The maximum atomic E-state index is 2.46. The van der Waals surface area contributed by atoms with Crippen LogP contribution in [0.25, 0.3) is 21.8 Å². The van der Waals surface area contributed by atoms with E-state index in [0.717, 1.165) is 0 Å². The summed E-state index contributed by atoms with van der Waals surface area (Å²) in [6.45, 7) is 11.2. The van der Waals surface area contributed by atoms with Gasteiger partial charge < -0.3 is 4.57 Å².